The largest absolute Gasteiger partial charge is 0.213 e. The van der Waals surface area contributed by atoms with E-state index >= 15 is 0 Å². The molecule has 0 heterocycles. The molecule has 0 aliphatic rings. The standard InChI is InChI=1S/C13H21NO2S/c1-11(14-17(4,15)16)10-13(2,3)12-8-6-5-7-9-12/h5-9,11,14H,10H2,1-4H3. The fourth-order valence-corrected chi connectivity index (χ4v) is 2.99. The van der Waals surface area contributed by atoms with Crippen LogP contribution in [0.1, 0.15) is 32.8 Å². The average molecular weight is 255 g/mol. The van der Waals surface area contributed by atoms with Crippen LogP contribution in [0.5, 0.6) is 0 Å². The van der Waals surface area contributed by atoms with Crippen LogP contribution < -0.4 is 4.72 Å². The zero-order chi connectivity index (χ0) is 13.1. The molecule has 1 unspecified atom stereocenters. The Balaban J connectivity index is 2.74. The van der Waals surface area contributed by atoms with Gasteiger partial charge in [-0.1, -0.05) is 44.2 Å². The molecule has 0 amide bonds. The second kappa shape index (κ2) is 5.19. The summed E-state index contributed by atoms with van der Waals surface area (Å²) in [6.45, 7) is 6.15. The minimum Gasteiger partial charge on any atom is -0.213 e. The van der Waals surface area contributed by atoms with Crippen LogP contribution in [0.4, 0.5) is 0 Å². The summed E-state index contributed by atoms with van der Waals surface area (Å²) in [5.74, 6) is 0. The van der Waals surface area contributed by atoms with Gasteiger partial charge < -0.3 is 0 Å². The molecule has 0 aliphatic carbocycles. The zero-order valence-electron chi connectivity index (χ0n) is 10.9. The summed E-state index contributed by atoms with van der Waals surface area (Å²) < 4.78 is 24.9. The first-order chi connectivity index (χ1) is 7.71. The minimum absolute atomic E-state index is 0.0433. The summed E-state index contributed by atoms with van der Waals surface area (Å²) in [7, 11) is -3.13. The van der Waals surface area contributed by atoms with Crippen LogP contribution in [-0.4, -0.2) is 20.7 Å². The Labute approximate surface area is 104 Å². The van der Waals surface area contributed by atoms with Crippen molar-refractivity contribution in [3.05, 3.63) is 35.9 Å². The van der Waals surface area contributed by atoms with Crippen molar-refractivity contribution in [1.29, 1.82) is 0 Å². The number of benzene rings is 1. The van der Waals surface area contributed by atoms with Crippen molar-refractivity contribution in [1.82, 2.24) is 4.72 Å². The first-order valence-electron chi connectivity index (χ1n) is 5.73. The fraction of sp³-hybridized carbons (Fsp3) is 0.538. The first kappa shape index (κ1) is 14.2. The molecule has 0 bridgehead atoms. The van der Waals surface area contributed by atoms with Crippen molar-refractivity contribution in [2.24, 2.45) is 0 Å². The van der Waals surface area contributed by atoms with E-state index in [-0.39, 0.29) is 11.5 Å². The van der Waals surface area contributed by atoms with Gasteiger partial charge in [0.05, 0.1) is 6.26 Å². The number of sulfonamides is 1. The molecule has 96 valence electrons. The Bertz CT molecular complexity index is 452. The van der Waals surface area contributed by atoms with E-state index in [1.165, 1.54) is 11.8 Å². The second-order valence-electron chi connectivity index (χ2n) is 5.25. The third-order valence-electron chi connectivity index (χ3n) is 2.79. The van der Waals surface area contributed by atoms with Crippen molar-refractivity contribution in [3.63, 3.8) is 0 Å². The van der Waals surface area contributed by atoms with Crippen LogP contribution >= 0.6 is 0 Å². The van der Waals surface area contributed by atoms with Crippen molar-refractivity contribution in [2.45, 2.75) is 38.6 Å². The van der Waals surface area contributed by atoms with Crippen LogP contribution in [-0.2, 0) is 15.4 Å². The summed E-state index contributed by atoms with van der Waals surface area (Å²) in [5.41, 5.74) is 1.18. The minimum atomic E-state index is -3.13. The van der Waals surface area contributed by atoms with E-state index in [0.29, 0.717) is 0 Å². The van der Waals surface area contributed by atoms with Gasteiger partial charge >= 0.3 is 0 Å². The molecule has 17 heavy (non-hydrogen) atoms. The van der Waals surface area contributed by atoms with E-state index in [1.54, 1.807) is 0 Å². The molecule has 1 aromatic rings. The third kappa shape index (κ3) is 4.88. The maximum atomic E-state index is 11.2. The van der Waals surface area contributed by atoms with Crippen molar-refractivity contribution < 1.29 is 8.42 Å². The first-order valence-corrected chi connectivity index (χ1v) is 7.63. The lowest BCUT2D eigenvalue weighted by molar-refractivity contribution is 0.418. The Morgan fingerprint density at radius 2 is 1.76 bits per heavy atom. The van der Waals surface area contributed by atoms with E-state index in [1.807, 2.05) is 25.1 Å². The molecule has 1 rings (SSSR count). The van der Waals surface area contributed by atoms with Crippen LogP contribution in [0.25, 0.3) is 0 Å². The van der Waals surface area contributed by atoms with Gasteiger partial charge in [-0.2, -0.15) is 0 Å². The maximum absolute atomic E-state index is 11.2. The molecule has 0 aliphatic heterocycles. The van der Waals surface area contributed by atoms with E-state index in [4.69, 9.17) is 0 Å². The lowest BCUT2D eigenvalue weighted by Crippen LogP contribution is -2.36. The fourth-order valence-electron chi connectivity index (χ4n) is 2.18. The van der Waals surface area contributed by atoms with Gasteiger partial charge in [0.15, 0.2) is 0 Å². The number of hydrogen-bond donors (Lipinski definition) is 1. The predicted molar refractivity (Wildman–Crippen MR) is 71.5 cm³/mol. The molecule has 1 atom stereocenters. The van der Waals surface area contributed by atoms with Crippen molar-refractivity contribution in [2.75, 3.05) is 6.26 Å². The molecule has 0 saturated carbocycles. The van der Waals surface area contributed by atoms with Gasteiger partial charge in [0.25, 0.3) is 0 Å². The molecule has 3 nitrogen and oxygen atoms in total. The van der Waals surface area contributed by atoms with Crippen molar-refractivity contribution >= 4 is 10.0 Å². The smallest absolute Gasteiger partial charge is 0.208 e. The lowest BCUT2D eigenvalue weighted by Gasteiger charge is -2.28. The predicted octanol–water partition coefficient (Wildman–Crippen LogP) is 2.29. The monoisotopic (exact) mass is 255 g/mol. The van der Waals surface area contributed by atoms with Gasteiger partial charge in [0, 0.05) is 6.04 Å². The second-order valence-corrected chi connectivity index (χ2v) is 7.03. The number of hydrogen-bond acceptors (Lipinski definition) is 2. The van der Waals surface area contributed by atoms with Crippen LogP contribution in [0, 0.1) is 0 Å². The summed E-state index contributed by atoms with van der Waals surface area (Å²) in [6, 6.07) is 10.1. The van der Waals surface area contributed by atoms with E-state index in [2.05, 4.69) is 30.7 Å². The summed E-state index contributed by atoms with van der Waals surface area (Å²) in [4.78, 5) is 0. The quantitative estimate of drug-likeness (QED) is 0.877. The molecule has 1 N–H and O–H groups in total. The molecular formula is C13H21NO2S. The topological polar surface area (TPSA) is 46.2 Å². The molecule has 0 fully saturated rings. The third-order valence-corrected chi connectivity index (χ3v) is 3.62. The van der Waals surface area contributed by atoms with Gasteiger partial charge in [0.2, 0.25) is 10.0 Å². The van der Waals surface area contributed by atoms with E-state index in [9.17, 15) is 8.42 Å². The Hall–Kier alpha value is -0.870. The Morgan fingerprint density at radius 3 is 2.24 bits per heavy atom. The maximum Gasteiger partial charge on any atom is 0.208 e. The van der Waals surface area contributed by atoms with E-state index in [0.717, 1.165) is 6.42 Å². The highest BCUT2D eigenvalue weighted by Gasteiger charge is 2.24. The molecule has 0 saturated heterocycles. The molecular weight excluding hydrogens is 234 g/mol. The lowest BCUT2D eigenvalue weighted by atomic mass is 9.79. The average Bonchev–Trinajstić information content (AvgIpc) is 2.15. The summed E-state index contributed by atoms with van der Waals surface area (Å²) in [5, 5.41) is 0. The van der Waals surface area contributed by atoms with Gasteiger partial charge in [-0.3, -0.25) is 0 Å². The SMILES string of the molecule is CC(CC(C)(C)c1ccccc1)NS(C)(=O)=O. The summed E-state index contributed by atoms with van der Waals surface area (Å²) in [6.07, 6.45) is 1.96. The number of nitrogens with one attached hydrogen (secondary N) is 1. The van der Waals surface area contributed by atoms with Crippen LogP contribution in [0.3, 0.4) is 0 Å². The molecule has 4 heteroatoms. The molecule has 0 spiro atoms. The number of rotatable bonds is 5. The van der Waals surface area contributed by atoms with Gasteiger partial charge in [-0.25, -0.2) is 13.1 Å². The van der Waals surface area contributed by atoms with Gasteiger partial charge in [0.1, 0.15) is 0 Å². The highest BCUT2D eigenvalue weighted by molar-refractivity contribution is 7.88. The van der Waals surface area contributed by atoms with E-state index < -0.39 is 10.0 Å². The highest BCUT2D eigenvalue weighted by atomic mass is 32.2. The highest BCUT2D eigenvalue weighted by Crippen LogP contribution is 2.28. The summed E-state index contributed by atoms with van der Waals surface area (Å²) >= 11 is 0. The van der Waals surface area contributed by atoms with Gasteiger partial charge in [-0.05, 0) is 24.3 Å². The van der Waals surface area contributed by atoms with Crippen molar-refractivity contribution in [3.8, 4) is 0 Å². The molecule has 1 aromatic carbocycles. The van der Waals surface area contributed by atoms with Crippen LogP contribution in [0.15, 0.2) is 30.3 Å². The normalized spacial score (nSPS) is 14.6. The molecule has 0 radical (unpaired) electrons. The molecule has 0 aromatic heterocycles. The zero-order valence-corrected chi connectivity index (χ0v) is 11.7. The Morgan fingerprint density at radius 1 is 1.24 bits per heavy atom. The Kier molecular flexibility index (Phi) is 4.33. The van der Waals surface area contributed by atoms with Crippen LogP contribution in [0.2, 0.25) is 0 Å². The van der Waals surface area contributed by atoms with Gasteiger partial charge in [-0.15, -0.1) is 0 Å².